The van der Waals surface area contributed by atoms with E-state index in [1.807, 2.05) is 36.6 Å². The first kappa shape index (κ1) is 24.5. The normalized spacial score (nSPS) is 15.3. The number of ether oxygens (including phenoxy) is 2. The van der Waals surface area contributed by atoms with Crippen LogP contribution in [0.2, 0.25) is 0 Å². The molecule has 0 radical (unpaired) electrons. The number of carbonyl (C=O) groups excluding carboxylic acids is 2. The van der Waals surface area contributed by atoms with Gasteiger partial charge in [-0.05, 0) is 29.9 Å². The Balaban J connectivity index is 2.85. The minimum absolute atomic E-state index is 0.149. The number of nitrogens with one attached hydrogen (secondary N) is 1. The van der Waals surface area contributed by atoms with Gasteiger partial charge in [-0.3, -0.25) is 4.79 Å². The third-order valence-corrected chi connectivity index (χ3v) is 5.48. The molecule has 2 unspecified atom stereocenters. The maximum Gasteiger partial charge on any atom is 0.328 e. The molecular weight excluding hydrogens is 376 g/mol. The molecule has 1 amide bonds. The summed E-state index contributed by atoms with van der Waals surface area (Å²) in [5, 5.41) is 2.80. The van der Waals surface area contributed by atoms with E-state index in [2.05, 4.69) is 19.2 Å². The van der Waals surface area contributed by atoms with E-state index >= 15 is 0 Å². The average Bonchev–Trinajstić information content (AvgIpc) is 2.72. The van der Waals surface area contributed by atoms with Crippen molar-refractivity contribution in [2.24, 2.45) is 11.7 Å². The summed E-state index contributed by atoms with van der Waals surface area (Å²) in [6.45, 7) is 4.43. The summed E-state index contributed by atoms with van der Waals surface area (Å²) in [6, 6.07) is 8.83. The first-order valence-electron chi connectivity index (χ1n) is 9.71. The summed E-state index contributed by atoms with van der Waals surface area (Å²) in [7, 11) is 1.32. The van der Waals surface area contributed by atoms with Gasteiger partial charge in [0, 0.05) is 12.5 Å². The van der Waals surface area contributed by atoms with Gasteiger partial charge in [-0.15, -0.1) is 0 Å². The minimum atomic E-state index is -0.723. The zero-order valence-electron chi connectivity index (χ0n) is 17.4. The fraction of sp³-hybridized carbons (Fsp3) is 0.619. The smallest absolute Gasteiger partial charge is 0.328 e. The third kappa shape index (κ3) is 8.63. The molecule has 0 fully saturated rings. The van der Waals surface area contributed by atoms with Crippen molar-refractivity contribution in [3.63, 3.8) is 0 Å². The highest BCUT2D eigenvalue weighted by Crippen LogP contribution is 2.11. The van der Waals surface area contributed by atoms with E-state index in [9.17, 15) is 9.59 Å². The number of amides is 1. The monoisotopic (exact) mass is 410 g/mol. The largest absolute Gasteiger partial charge is 0.467 e. The quantitative estimate of drug-likeness (QED) is 0.485. The summed E-state index contributed by atoms with van der Waals surface area (Å²) < 4.78 is 10.7. The summed E-state index contributed by atoms with van der Waals surface area (Å²) in [5.41, 5.74) is 7.16. The van der Waals surface area contributed by atoms with Crippen molar-refractivity contribution in [1.29, 1.82) is 0 Å². The van der Waals surface area contributed by atoms with E-state index < -0.39 is 18.1 Å². The number of hydrogen-bond donors (Lipinski definition) is 2. The predicted molar refractivity (Wildman–Crippen MR) is 114 cm³/mol. The Kier molecular flexibility index (Phi) is 11.9. The molecule has 1 aromatic rings. The molecule has 0 saturated carbocycles. The van der Waals surface area contributed by atoms with Crippen molar-refractivity contribution in [2.75, 3.05) is 25.7 Å². The fourth-order valence-electron chi connectivity index (χ4n) is 2.64. The Bertz CT molecular complexity index is 585. The van der Waals surface area contributed by atoms with E-state index in [1.165, 1.54) is 7.11 Å². The number of methoxy groups -OCH3 is 1. The Morgan fingerprint density at radius 1 is 1.25 bits per heavy atom. The number of rotatable bonds is 13. The third-order valence-electron chi connectivity index (χ3n) is 4.83. The van der Waals surface area contributed by atoms with Gasteiger partial charge in [-0.2, -0.15) is 11.8 Å². The van der Waals surface area contributed by atoms with Crippen LogP contribution in [0.4, 0.5) is 0 Å². The van der Waals surface area contributed by atoms with Crippen molar-refractivity contribution in [3.8, 4) is 0 Å². The van der Waals surface area contributed by atoms with E-state index in [0.717, 1.165) is 17.7 Å². The highest BCUT2D eigenvalue weighted by Gasteiger charge is 2.27. The lowest BCUT2D eigenvalue weighted by Crippen LogP contribution is -2.48. The Morgan fingerprint density at radius 2 is 1.93 bits per heavy atom. The molecule has 1 aromatic carbocycles. The van der Waals surface area contributed by atoms with Crippen molar-refractivity contribution < 1.29 is 19.1 Å². The second-order valence-corrected chi connectivity index (χ2v) is 7.91. The molecule has 0 aromatic heterocycles. The number of thioether (sulfide) groups is 1. The minimum Gasteiger partial charge on any atom is -0.467 e. The zero-order valence-corrected chi connectivity index (χ0v) is 18.2. The molecule has 28 heavy (non-hydrogen) atoms. The van der Waals surface area contributed by atoms with Crippen LogP contribution >= 0.6 is 11.8 Å². The summed E-state index contributed by atoms with van der Waals surface area (Å²) in [5.74, 6) is 0.266. The van der Waals surface area contributed by atoms with Crippen LogP contribution in [0.1, 0.15) is 32.3 Å². The molecule has 0 spiro atoms. The molecule has 0 bridgehead atoms. The van der Waals surface area contributed by atoms with Crippen molar-refractivity contribution in [3.05, 3.63) is 35.9 Å². The Morgan fingerprint density at radius 3 is 2.50 bits per heavy atom. The van der Waals surface area contributed by atoms with Crippen molar-refractivity contribution in [1.82, 2.24) is 5.32 Å². The van der Waals surface area contributed by atoms with Crippen LogP contribution in [-0.2, 0) is 25.5 Å². The molecule has 0 aliphatic carbocycles. The lowest BCUT2D eigenvalue weighted by Gasteiger charge is -2.24. The lowest BCUT2D eigenvalue weighted by molar-refractivity contribution is -0.147. The lowest BCUT2D eigenvalue weighted by atomic mass is 10.0. The maximum absolute atomic E-state index is 12.9. The number of nitrogens with two attached hydrogens (primary N) is 1. The molecule has 0 saturated heterocycles. The summed E-state index contributed by atoms with van der Waals surface area (Å²) in [6.07, 6.45) is 3.09. The van der Waals surface area contributed by atoms with Crippen LogP contribution in [0.25, 0.3) is 0 Å². The van der Waals surface area contributed by atoms with Gasteiger partial charge in [0.1, 0.15) is 12.1 Å². The second-order valence-electron chi connectivity index (χ2n) is 6.93. The second kappa shape index (κ2) is 13.6. The first-order valence-corrected chi connectivity index (χ1v) is 11.1. The van der Waals surface area contributed by atoms with Crippen LogP contribution in [0.3, 0.4) is 0 Å². The van der Waals surface area contributed by atoms with Crippen LogP contribution in [0.15, 0.2) is 30.3 Å². The highest BCUT2D eigenvalue weighted by molar-refractivity contribution is 7.98. The zero-order chi connectivity index (χ0) is 20.9. The Hall–Kier alpha value is -1.57. The first-order chi connectivity index (χ1) is 13.4. The topological polar surface area (TPSA) is 90.6 Å². The van der Waals surface area contributed by atoms with E-state index in [-0.39, 0.29) is 18.6 Å². The standard InChI is InChI=1S/C21H34N2O4S/c1-5-15(2)17(22)14-27-19(13-16-9-7-6-8-10-16)20(24)23-18(11-12-28-4)21(25)26-3/h6-10,15,17-19H,5,11-14,22H2,1-4H3,(H,23,24)/t15-,17?,18-,19?/m0/s1. The molecule has 0 aliphatic heterocycles. The highest BCUT2D eigenvalue weighted by atomic mass is 32.2. The Labute approximate surface area is 172 Å². The number of hydrogen-bond acceptors (Lipinski definition) is 6. The van der Waals surface area contributed by atoms with Crippen molar-refractivity contribution in [2.45, 2.75) is 51.3 Å². The number of esters is 1. The van der Waals surface area contributed by atoms with E-state index in [4.69, 9.17) is 15.2 Å². The predicted octanol–water partition coefficient (Wildman–Crippen LogP) is 2.40. The molecule has 6 nitrogen and oxygen atoms in total. The van der Waals surface area contributed by atoms with E-state index in [1.54, 1.807) is 11.8 Å². The molecule has 7 heteroatoms. The number of benzene rings is 1. The molecule has 1 rings (SSSR count). The van der Waals surface area contributed by atoms with Gasteiger partial charge in [0.05, 0.1) is 13.7 Å². The van der Waals surface area contributed by atoms with Crippen LogP contribution < -0.4 is 11.1 Å². The average molecular weight is 411 g/mol. The summed E-state index contributed by atoms with van der Waals surface area (Å²) >= 11 is 1.61. The van der Waals surface area contributed by atoms with Gasteiger partial charge in [0.15, 0.2) is 0 Å². The fourth-order valence-corrected chi connectivity index (χ4v) is 3.11. The molecule has 4 atom stereocenters. The molecular formula is C21H34N2O4S. The van der Waals surface area contributed by atoms with Crippen LogP contribution in [0.5, 0.6) is 0 Å². The van der Waals surface area contributed by atoms with Gasteiger partial charge >= 0.3 is 5.97 Å². The van der Waals surface area contributed by atoms with E-state index in [0.29, 0.717) is 18.8 Å². The van der Waals surface area contributed by atoms with Gasteiger partial charge in [-0.25, -0.2) is 4.79 Å². The molecule has 0 heterocycles. The van der Waals surface area contributed by atoms with Crippen LogP contribution in [0, 0.1) is 5.92 Å². The van der Waals surface area contributed by atoms with Gasteiger partial charge < -0.3 is 20.5 Å². The molecule has 3 N–H and O–H groups in total. The van der Waals surface area contributed by atoms with Gasteiger partial charge in [-0.1, -0.05) is 50.6 Å². The number of carbonyl (C=O) groups is 2. The van der Waals surface area contributed by atoms with Crippen molar-refractivity contribution >= 4 is 23.6 Å². The van der Waals surface area contributed by atoms with Crippen LogP contribution in [-0.4, -0.2) is 55.8 Å². The maximum atomic E-state index is 12.9. The van der Waals surface area contributed by atoms with Gasteiger partial charge in [0.2, 0.25) is 5.91 Å². The van der Waals surface area contributed by atoms with Gasteiger partial charge in [0.25, 0.3) is 0 Å². The summed E-state index contributed by atoms with van der Waals surface area (Å²) in [4.78, 5) is 24.9. The SMILES string of the molecule is CC[C@H](C)C(N)COC(Cc1ccccc1)C(=O)N[C@@H](CCSC)C(=O)OC. The molecule has 158 valence electrons. The molecule has 0 aliphatic rings.